The smallest absolute Gasteiger partial charge is 0.240 e. The largest absolute Gasteiger partial charge is 0.309 e. The minimum Gasteiger partial charge on any atom is -0.309 e. The quantitative estimate of drug-likeness (QED) is 0.871. The van der Waals surface area contributed by atoms with Gasteiger partial charge in [0, 0.05) is 18.1 Å². The highest BCUT2D eigenvalue weighted by Crippen LogP contribution is 2.34. The van der Waals surface area contributed by atoms with Gasteiger partial charge in [-0.05, 0) is 18.6 Å². The molecular weight excluding hydrogens is 283 g/mol. The summed E-state index contributed by atoms with van der Waals surface area (Å²) in [5.41, 5.74) is 0.370. The van der Waals surface area contributed by atoms with Crippen molar-refractivity contribution in [2.24, 2.45) is 0 Å². The number of para-hydroxylation sites is 1. The van der Waals surface area contributed by atoms with Crippen molar-refractivity contribution in [3.05, 3.63) is 41.7 Å². The second kappa shape index (κ2) is 5.30. The number of rotatable bonds is 3. The fraction of sp³-hybridized carbons (Fsp3) is 0.231. The maximum absolute atomic E-state index is 13.7. The second-order valence-corrected chi connectivity index (χ2v) is 6.48. The maximum Gasteiger partial charge on any atom is 0.240 e. The third-order valence-corrected chi connectivity index (χ3v) is 5.12. The highest BCUT2D eigenvalue weighted by molar-refractivity contribution is 8.02. The van der Waals surface area contributed by atoms with Crippen LogP contribution >= 0.6 is 23.1 Å². The molecule has 3 rings (SSSR count). The van der Waals surface area contributed by atoms with Crippen LogP contribution in [0.15, 0.2) is 40.2 Å². The molecule has 1 fully saturated rings. The molecule has 1 aliphatic heterocycles. The highest BCUT2D eigenvalue weighted by atomic mass is 32.2. The predicted molar refractivity (Wildman–Crippen MR) is 75.1 cm³/mol. The summed E-state index contributed by atoms with van der Waals surface area (Å²) in [7, 11) is 0. The fourth-order valence-electron chi connectivity index (χ4n) is 2.06. The number of benzene rings is 1. The number of aromatic nitrogens is 1. The van der Waals surface area contributed by atoms with E-state index in [1.165, 1.54) is 34.1 Å². The number of hydrogen-bond donors (Lipinski definition) is 0. The summed E-state index contributed by atoms with van der Waals surface area (Å²) >= 11 is 2.98. The van der Waals surface area contributed by atoms with Gasteiger partial charge in [-0.3, -0.25) is 4.79 Å². The van der Waals surface area contributed by atoms with Crippen LogP contribution in [0.25, 0.3) is 0 Å². The number of thiazole rings is 1. The van der Waals surface area contributed by atoms with Crippen LogP contribution in [0.2, 0.25) is 0 Å². The van der Waals surface area contributed by atoms with Crippen molar-refractivity contribution in [3.8, 4) is 0 Å². The number of carbonyl (C=O) groups is 1. The van der Waals surface area contributed by atoms with Crippen molar-refractivity contribution in [2.45, 2.75) is 16.0 Å². The molecule has 1 aromatic carbocycles. The molecule has 1 unspecified atom stereocenters. The zero-order valence-corrected chi connectivity index (χ0v) is 11.6. The number of hydrogen-bond acceptors (Lipinski definition) is 4. The third-order valence-electron chi connectivity index (χ3n) is 2.95. The van der Waals surface area contributed by atoms with Gasteiger partial charge in [0.15, 0.2) is 4.34 Å². The van der Waals surface area contributed by atoms with Gasteiger partial charge in [0.2, 0.25) is 5.91 Å². The predicted octanol–water partition coefficient (Wildman–Crippen LogP) is 3.18. The second-order valence-electron chi connectivity index (χ2n) is 4.13. The molecule has 19 heavy (non-hydrogen) atoms. The number of halogens is 1. The SMILES string of the molecule is O=C1C(Sc2nccs2)CCN1c1ccccc1F. The Bertz CT molecular complexity index is 588. The normalized spacial score (nSPS) is 19.1. The first-order valence-electron chi connectivity index (χ1n) is 5.88. The Morgan fingerprint density at radius 2 is 2.26 bits per heavy atom. The number of anilines is 1. The van der Waals surface area contributed by atoms with E-state index in [-0.39, 0.29) is 17.0 Å². The lowest BCUT2D eigenvalue weighted by atomic mass is 10.3. The van der Waals surface area contributed by atoms with Crippen LogP contribution in [0.5, 0.6) is 0 Å². The van der Waals surface area contributed by atoms with Crippen LogP contribution in [-0.4, -0.2) is 22.7 Å². The monoisotopic (exact) mass is 294 g/mol. The lowest BCUT2D eigenvalue weighted by Crippen LogP contribution is -2.28. The molecule has 6 heteroatoms. The van der Waals surface area contributed by atoms with Crippen molar-refractivity contribution < 1.29 is 9.18 Å². The molecule has 0 spiro atoms. The number of nitrogens with zero attached hydrogens (tertiary/aromatic N) is 2. The first kappa shape index (κ1) is 12.6. The van der Waals surface area contributed by atoms with E-state index >= 15 is 0 Å². The van der Waals surface area contributed by atoms with Crippen LogP contribution in [-0.2, 0) is 4.79 Å². The molecule has 2 heterocycles. The fourth-order valence-corrected chi connectivity index (χ4v) is 3.98. The molecule has 1 aliphatic rings. The van der Waals surface area contributed by atoms with Crippen molar-refractivity contribution in [2.75, 3.05) is 11.4 Å². The first-order chi connectivity index (χ1) is 9.25. The maximum atomic E-state index is 13.7. The van der Waals surface area contributed by atoms with Crippen molar-refractivity contribution in [1.29, 1.82) is 0 Å². The average molecular weight is 294 g/mol. The molecule has 3 nitrogen and oxygen atoms in total. The van der Waals surface area contributed by atoms with Crippen molar-refractivity contribution in [3.63, 3.8) is 0 Å². The minimum atomic E-state index is -0.351. The van der Waals surface area contributed by atoms with Gasteiger partial charge in [-0.15, -0.1) is 11.3 Å². The van der Waals surface area contributed by atoms with Crippen LogP contribution < -0.4 is 4.90 Å². The Morgan fingerprint density at radius 3 is 3.00 bits per heavy atom. The van der Waals surface area contributed by atoms with Crippen LogP contribution in [0, 0.1) is 5.82 Å². The lowest BCUT2D eigenvalue weighted by Gasteiger charge is -2.16. The summed E-state index contributed by atoms with van der Waals surface area (Å²) in [4.78, 5) is 18.0. The Kier molecular flexibility index (Phi) is 3.52. The molecule has 1 aromatic heterocycles. The summed E-state index contributed by atoms with van der Waals surface area (Å²) in [5.74, 6) is -0.388. The van der Waals surface area contributed by atoms with Crippen LogP contribution in [0.4, 0.5) is 10.1 Å². The summed E-state index contributed by atoms with van der Waals surface area (Å²) in [6.45, 7) is 0.558. The molecule has 1 atom stereocenters. The van der Waals surface area contributed by atoms with Gasteiger partial charge in [-0.25, -0.2) is 9.37 Å². The van der Waals surface area contributed by atoms with E-state index in [4.69, 9.17) is 0 Å². The topological polar surface area (TPSA) is 33.2 Å². The van der Waals surface area contributed by atoms with Gasteiger partial charge in [0.05, 0.1) is 10.9 Å². The van der Waals surface area contributed by atoms with Gasteiger partial charge in [-0.2, -0.15) is 0 Å². The van der Waals surface area contributed by atoms with E-state index in [1.54, 1.807) is 24.4 Å². The van der Waals surface area contributed by atoms with Crippen molar-refractivity contribution in [1.82, 2.24) is 4.98 Å². The van der Waals surface area contributed by atoms with Gasteiger partial charge in [-0.1, -0.05) is 23.9 Å². The molecule has 1 saturated heterocycles. The Balaban J connectivity index is 1.77. The molecule has 0 bridgehead atoms. The standard InChI is InChI=1S/C13H11FN2OS2/c14-9-3-1-2-4-10(9)16-7-5-11(12(16)17)19-13-15-6-8-18-13/h1-4,6,8,11H,5,7H2. The summed E-state index contributed by atoms with van der Waals surface area (Å²) < 4.78 is 14.6. The van der Waals surface area contributed by atoms with Gasteiger partial charge < -0.3 is 4.90 Å². The van der Waals surface area contributed by atoms with E-state index < -0.39 is 0 Å². The lowest BCUT2D eigenvalue weighted by molar-refractivity contribution is -0.116. The highest BCUT2D eigenvalue weighted by Gasteiger charge is 2.34. The van der Waals surface area contributed by atoms with Gasteiger partial charge in [0.1, 0.15) is 5.82 Å². The first-order valence-corrected chi connectivity index (χ1v) is 7.63. The van der Waals surface area contributed by atoms with E-state index in [2.05, 4.69) is 4.98 Å². The van der Waals surface area contributed by atoms with E-state index in [1.807, 2.05) is 5.38 Å². The van der Waals surface area contributed by atoms with E-state index in [9.17, 15) is 9.18 Å². The summed E-state index contributed by atoms with van der Waals surface area (Å²) in [5, 5.41) is 1.72. The Morgan fingerprint density at radius 1 is 1.42 bits per heavy atom. The number of amides is 1. The van der Waals surface area contributed by atoms with Gasteiger partial charge >= 0.3 is 0 Å². The molecule has 0 N–H and O–H groups in total. The molecule has 2 aromatic rings. The van der Waals surface area contributed by atoms with Crippen molar-refractivity contribution >= 4 is 34.7 Å². The molecule has 98 valence electrons. The van der Waals surface area contributed by atoms with Crippen LogP contribution in [0.3, 0.4) is 0 Å². The Labute approximate surface area is 118 Å². The molecule has 0 radical (unpaired) electrons. The van der Waals surface area contributed by atoms with Crippen LogP contribution in [0.1, 0.15) is 6.42 Å². The molecule has 0 aliphatic carbocycles. The zero-order chi connectivity index (χ0) is 13.2. The minimum absolute atomic E-state index is 0.0368. The van der Waals surface area contributed by atoms with Gasteiger partial charge in [0.25, 0.3) is 0 Å². The number of thioether (sulfide) groups is 1. The molecule has 1 amide bonds. The Hall–Kier alpha value is -1.40. The molecule has 0 saturated carbocycles. The average Bonchev–Trinajstić information content (AvgIpc) is 3.03. The summed E-state index contributed by atoms with van der Waals surface area (Å²) in [6, 6.07) is 6.39. The van der Waals surface area contributed by atoms with E-state index in [0.29, 0.717) is 12.2 Å². The third kappa shape index (κ3) is 2.50. The van der Waals surface area contributed by atoms with E-state index in [0.717, 1.165) is 10.8 Å². The molecular formula is C13H11FN2OS2. The number of carbonyl (C=O) groups excluding carboxylic acids is 1. The summed E-state index contributed by atoms with van der Waals surface area (Å²) in [6.07, 6.45) is 2.44. The zero-order valence-electron chi connectivity index (χ0n) is 9.95.